The van der Waals surface area contributed by atoms with Gasteiger partial charge in [0.05, 0.1) is 20.5 Å². The number of halogens is 2. The number of benzene rings is 4. The van der Waals surface area contributed by atoms with Crippen molar-refractivity contribution in [2.24, 2.45) is 0 Å². The molecule has 0 N–H and O–H groups in total. The van der Waals surface area contributed by atoms with Crippen LogP contribution < -0.4 is 15.9 Å². The van der Waals surface area contributed by atoms with Crippen LogP contribution in [0.5, 0.6) is 0 Å². The number of hydrogen-bond acceptors (Lipinski definition) is 2. The van der Waals surface area contributed by atoms with E-state index < -0.39 is 7.26 Å². The lowest BCUT2D eigenvalue weighted by molar-refractivity contribution is -0.385. The molecule has 3 nitrogen and oxygen atoms in total. The Bertz CT molecular complexity index is 1110. The van der Waals surface area contributed by atoms with Crippen molar-refractivity contribution in [2.75, 3.05) is 0 Å². The van der Waals surface area contributed by atoms with Crippen LogP contribution in [0.4, 0.5) is 5.69 Å². The van der Waals surface area contributed by atoms with Gasteiger partial charge in [-0.2, -0.15) is 0 Å². The average molecular weight is 467 g/mol. The summed E-state index contributed by atoms with van der Waals surface area (Å²) < 4.78 is 0. The maximum absolute atomic E-state index is 11.9. The Morgan fingerprint density at radius 3 is 1.45 bits per heavy atom. The van der Waals surface area contributed by atoms with Crippen molar-refractivity contribution in [3.63, 3.8) is 0 Å². The Morgan fingerprint density at radius 2 is 1.06 bits per heavy atom. The Morgan fingerprint density at radius 1 is 0.677 bits per heavy atom. The van der Waals surface area contributed by atoms with Crippen molar-refractivity contribution in [2.45, 2.75) is 6.16 Å². The summed E-state index contributed by atoms with van der Waals surface area (Å²) in [6.07, 6.45) is 0.457. The second-order valence-corrected chi connectivity index (χ2v) is 11.4. The van der Waals surface area contributed by atoms with Crippen LogP contribution in [0.3, 0.4) is 0 Å². The molecular formula is C25H19Cl2NO2P+. The fourth-order valence-corrected chi connectivity index (χ4v) is 8.49. The minimum Gasteiger partial charge on any atom is -0.258 e. The lowest BCUT2D eigenvalue weighted by atomic mass is 10.2. The lowest BCUT2D eigenvalue weighted by Crippen LogP contribution is -2.32. The van der Waals surface area contributed by atoms with Gasteiger partial charge >= 0.3 is 0 Å². The average Bonchev–Trinajstić information content (AvgIpc) is 2.81. The van der Waals surface area contributed by atoms with Crippen molar-refractivity contribution in [3.8, 4) is 0 Å². The van der Waals surface area contributed by atoms with Crippen molar-refractivity contribution in [3.05, 3.63) is 129 Å². The fraction of sp³-hybridized carbons (Fsp3) is 0.0400. The normalized spacial score (nSPS) is 11.3. The summed E-state index contributed by atoms with van der Waals surface area (Å²) in [7, 11) is -2.28. The molecule has 0 aromatic heterocycles. The molecule has 0 fully saturated rings. The predicted octanol–water partition coefficient (Wildman–Crippen LogP) is 6.40. The molecule has 0 aliphatic carbocycles. The van der Waals surface area contributed by atoms with E-state index in [1.165, 1.54) is 6.07 Å². The first-order valence-electron chi connectivity index (χ1n) is 9.69. The van der Waals surface area contributed by atoms with E-state index in [9.17, 15) is 10.1 Å². The highest BCUT2D eigenvalue weighted by Crippen LogP contribution is 2.59. The van der Waals surface area contributed by atoms with E-state index in [0.717, 1.165) is 15.9 Å². The standard InChI is InChI=1S/C25H19Cl2NO2P/c26-23-16-19(25(28(29)30)17-24(23)27)18-31(20-10-4-1-5-11-20,21-12-6-2-7-13-21)22-14-8-3-9-15-22/h1-17H,18H2/q+1. The first-order chi connectivity index (χ1) is 15.0. The van der Waals surface area contributed by atoms with Crippen LogP contribution in [-0.4, -0.2) is 4.92 Å². The molecule has 4 rings (SSSR count). The highest BCUT2D eigenvalue weighted by molar-refractivity contribution is 7.95. The Labute approximate surface area is 191 Å². The highest BCUT2D eigenvalue weighted by Gasteiger charge is 2.46. The zero-order valence-electron chi connectivity index (χ0n) is 16.5. The van der Waals surface area contributed by atoms with Crippen molar-refractivity contribution >= 4 is 52.1 Å². The summed E-state index contributed by atoms with van der Waals surface area (Å²) >= 11 is 12.4. The van der Waals surface area contributed by atoms with Gasteiger partial charge in [-0.15, -0.1) is 0 Å². The van der Waals surface area contributed by atoms with E-state index in [1.54, 1.807) is 6.07 Å². The fourth-order valence-electron chi connectivity index (χ4n) is 3.90. The maximum atomic E-state index is 11.9. The van der Waals surface area contributed by atoms with Gasteiger partial charge in [0.15, 0.2) is 0 Å². The van der Waals surface area contributed by atoms with Gasteiger partial charge in [-0.05, 0) is 42.5 Å². The Balaban J connectivity index is 2.05. The summed E-state index contributed by atoms with van der Waals surface area (Å²) in [6, 6.07) is 33.7. The minimum absolute atomic E-state index is 0.0124. The number of hydrogen-bond donors (Lipinski definition) is 0. The van der Waals surface area contributed by atoms with E-state index in [-0.39, 0.29) is 15.6 Å². The van der Waals surface area contributed by atoms with Gasteiger partial charge in [-0.3, -0.25) is 10.1 Å². The van der Waals surface area contributed by atoms with E-state index in [4.69, 9.17) is 23.2 Å². The molecule has 0 spiro atoms. The SMILES string of the molecule is O=[N+]([O-])c1cc(Cl)c(Cl)cc1C[P+](c1ccccc1)(c1ccccc1)c1ccccc1. The zero-order valence-corrected chi connectivity index (χ0v) is 18.9. The molecule has 31 heavy (non-hydrogen) atoms. The van der Waals surface area contributed by atoms with Gasteiger partial charge in [-0.25, -0.2) is 0 Å². The van der Waals surface area contributed by atoms with Crippen molar-refractivity contribution in [1.29, 1.82) is 0 Å². The summed E-state index contributed by atoms with van der Waals surface area (Å²) in [4.78, 5) is 11.5. The van der Waals surface area contributed by atoms with Gasteiger partial charge in [-0.1, -0.05) is 77.8 Å². The van der Waals surface area contributed by atoms with Crippen LogP contribution in [-0.2, 0) is 6.16 Å². The molecule has 154 valence electrons. The molecule has 0 amide bonds. The number of nitro groups is 1. The third kappa shape index (κ3) is 4.22. The predicted molar refractivity (Wildman–Crippen MR) is 132 cm³/mol. The molecule has 0 aliphatic heterocycles. The second-order valence-electron chi connectivity index (χ2n) is 7.13. The van der Waals surface area contributed by atoms with Gasteiger partial charge in [0.1, 0.15) is 29.3 Å². The molecule has 4 aromatic rings. The van der Waals surface area contributed by atoms with E-state index in [0.29, 0.717) is 16.7 Å². The minimum atomic E-state index is -2.28. The summed E-state index contributed by atoms with van der Waals surface area (Å²) in [5.74, 6) is 0. The molecule has 4 aromatic carbocycles. The van der Waals surface area contributed by atoms with Crippen LogP contribution in [0, 0.1) is 10.1 Å². The van der Waals surface area contributed by atoms with E-state index in [1.807, 2.05) is 54.6 Å². The van der Waals surface area contributed by atoms with Crippen molar-refractivity contribution in [1.82, 2.24) is 0 Å². The van der Waals surface area contributed by atoms with Gasteiger partial charge < -0.3 is 0 Å². The summed E-state index contributed by atoms with van der Waals surface area (Å²) in [5, 5.41) is 15.8. The monoisotopic (exact) mass is 466 g/mol. The number of nitrogens with zero attached hydrogens (tertiary/aromatic N) is 1. The Kier molecular flexibility index (Phi) is 6.38. The molecule has 0 aliphatic rings. The van der Waals surface area contributed by atoms with E-state index >= 15 is 0 Å². The zero-order chi connectivity index (χ0) is 21.8. The quantitative estimate of drug-likeness (QED) is 0.187. The third-order valence-electron chi connectivity index (χ3n) is 5.32. The van der Waals surface area contributed by atoms with Gasteiger partial charge in [0, 0.05) is 6.07 Å². The molecule has 0 saturated carbocycles. The van der Waals surface area contributed by atoms with Gasteiger partial charge in [0.25, 0.3) is 5.69 Å². The first-order valence-corrected chi connectivity index (χ1v) is 12.4. The van der Waals surface area contributed by atoms with Crippen molar-refractivity contribution < 1.29 is 4.92 Å². The summed E-state index contributed by atoms with van der Waals surface area (Å²) in [5.41, 5.74) is 0.561. The lowest BCUT2D eigenvalue weighted by Gasteiger charge is -2.27. The molecule has 0 radical (unpaired) electrons. The van der Waals surface area contributed by atoms with Crippen LogP contribution in [0.2, 0.25) is 10.0 Å². The molecule has 6 heteroatoms. The third-order valence-corrected chi connectivity index (χ3v) is 10.4. The molecular weight excluding hydrogens is 448 g/mol. The molecule has 0 atom stereocenters. The van der Waals surface area contributed by atoms with Gasteiger partial charge in [0.2, 0.25) is 0 Å². The number of rotatable bonds is 6. The first kappa shape index (κ1) is 21.5. The topological polar surface area (TPSA) is 43.1 Å². The number of nitro benzene ring substituents is 1. The van der Waals surface area contributed by atoms with E-state index in [2.05, 4.69) is 36.4 Å². The molecule has 0 heterocycles. The molecule has 0 unspecified atom stereocenters. The molecule has 0 saturated heterocycles. The molecule has 0 bridgehead atoms. The van der Waals surface area contributed by atoms with Crippen LogP contribution in [0.25, 0.3) is 0 Å². The largest absolute Gasteiger partial charge is 0.277 e. The highest BCUT2D eigenvalue weighted by atomic mass is 35.5. The van der Waals surface area contributed by atoms with Crippen LogP contribution >= 0.6 is 30.5 Å². The second kappa shape index (κ2) is 9.20. The maximum Gasteiger partial charge on any atom is 0.277 e. The van der Waals surface area contributed by atoms with Crippen LogP contribution in [0.15, 0.2) is 103 Å². The van der Waals surface area contributed by atoms with Crippen LogP contribution in [0.1, 0.15) is 5.56 Å². The summed E-state index contributed by atoms with van der Waals surface area (Å²) in [6.45, 7) is 0. The smallest absolute Gasteiger partial charge is 0.258 e. The Hall–Kier alpha value is -2.71.